The fraction of sp³-hybridized carbons (Fsp3) is 0.312. The molecule has 1 aromatic carbocycles. The van der Waals surface area contributed by atoms with Crippen molar-refractivity contribution in [2.24, 2.45) is 5.92 Å². The van der Waals surface area contributed by atoms with E-state index >= 15 is 0 Å². The molecule has 1 heterocycles. The molecule has 124 valence electrons. The third kappa shape index (κ3) is 5.21. The summed E-state index contributed by atoms with van der Waals surface area (Å²) in [6, 6.07) is 7.98. The van der Waals surface area contributed by atoms with E-state index < -0.39 is 15.8 Å². The minimum Gasteiger partial charge on any atom is -0.370 e. The average molecular weight is 337 g/mol. The molecule has 0 unspecified atom stereocenters. The van der Waals surface area contributed by atoms with Gasteiger partial charge in [-0.25, -0.2) is 17.8 Å². The number of halogens is 1. The van der Waals surface area contributed by atoms with Crippen LogP contribution in [0.15, 0.2) is 47.5 Å². The van der Waals surface area contributed by atoms with Crippen molar-refractivity contribution in [1.29, 1.82) is 0 Å². The van der Waals surface area contributed by atoms with E-state index in [2.05, 4.69) is 28.9 Å². The molecule has 0 bridgehead atoms. The first-order valence-electron chi connectivity index (χ1n) is 7.35. The summed E-state index contributed by atoms with van der Waals surface area (Å²) in [6.07, 6.45) is 2.47. The zero-order valence-electron chi connectivity index (χ0n) is 13.1. The number of rotatable bonds is 7. The summed E-state index contributed by atoms with van der Waals surface area (Å²) in [5, 5.41) is 3.17. The second kappa shape index (κ2) is 7.41. The molecule has 0 aliphatic carbocycles. The summed E-state index contributed by atoms with van der Waals surface area (Å²) in [5.41, 5.74) is 0.351. The number of nitrogens with one attached hydrogen (secondary N) is 2. The molecule has 2 aromatic rings. The average Bonchev–Trinajstić information content (AvgIpc) is 2.49. The van der Waals surface area contributed by atoms with E-state index in [1.165, 1.54) is 18.3 Å². The summed E-state index contributed by atoms with van der Waals surface area (Å²) >= 11 is 0. The standard InChI is InChI=1S/C16H20FN3O2S/c1-12(2)9-10-18-16-8-5-14(11-19-16)20-23(21,22)15-6-3-13(17)4-7-15/h3-8,11-12,20H,9-10H2,1-2H3,(H,18,19). The minimum atomic E-state index is -3.75. The van der Waals surface area contributed by atoms with Gasteiger partial charge in [-0.05, 0) is 48.7 Å². The zero-order chi connectivity index (χ0) is 16.9. The molecule has 7 heteroatoms. The van der Waals surface area contributed by atoms with Crippen LogP contribution < -0.4 is 10.0 Å². The zero-order valence-corrected chi connectivity index (χ0v) is 13.9. The number of sulfonamides is 1. The molecule has 0 amide bonds. The highest BCUT2D eigenvalue weighted by molar-refractivity contribution is 7.92. The van der Waals surface area contributed by atoms with E-state index in [0.717, 1.165) is 25.1 Å². The Balaban J connectivity index is 2.01. The Labute approximate surface area is 136 Å². The summed E-state index contributed by atoms with van der Waals surface area (Å²) < 4.78 is 39.6. The molecule has 0 spiro atoms. The number of aromatic nitrogens is 1. The SMILES string of the molecule is CC(C)CCNc1ccc(NS(=O)(=O)c2ccc(F)cc2)cn1. The van der Waals surface area contributed by atoms with Crippen molar-refractivity contribution in [2.75, 3.05) is 16.6 Å². The monoisotopic (exact) mass is 337 g/mol. The summed E-state index contributed by atoms with van der Waals surface area (Å²) in [5.74, 6) is 0.808. The Morgan fingerprint density at radius 2 is 1.83 bits per heavy atom. The molecule has 0 saturated carbocycles. The summed E-state index contributed by atoms with van der Waals surface area (Å²) in [7, 11) is -3.75. The lowest BCUT2D eigenvalue weighted by Gasteiger charge is -2.10. The number of hydrogen-bond donors (Lipinski definition) is 2. The van der Waals surface area contributed by atoms with Crippen LogP contribution in [0.4, 0.5) is 15.9 Å². The van der Waals surface area contributed by atoms with Gasteiger partial charge >= 0.3 is 0 Å². The van der Waals surface area contributed by atoms with Crippen molar-refractivity contribution in [3.63, 3.8) is 0 Å². The lowest BCUT2D eigenvalue weighted by Crippen LogP contribution is -2.13. The number of benzene rings is 1. The lowest BCUT2D eigenvalue weighted by atomic mass is 10.1. The molecule has 1 aromatic heterocycles. The molecular formula is C16H20FN3O2S. The van der Waals surface area contributed by atoms with Crippen molar-refractivity contribution in [3.05, 3.63) is 48.4 Å². The smallest absolute Gasteiger partial charge is 0.261 e. The van der Waals surface area contributed by atoms with Gasteiger partial charge in [0.2, 0.25) is 0 Å². The first kappa shape index (κ1) is 17.2. The van der Waals surface area contributed by atoms with Crippen molar-refractivity contribution in [2.45, 2.75) is 25.2 Å². The van der Waals surface area contributed by atoms with Crippen LogP contribution in [-0.4, -0.2) is 19.9 Å². The van der Waals surface area contributed by atoms with E-state index in [9.17, 15) is 12.8 Å². The second-order valence-corrected chi connectivity index (χ2v) is 7.28. The van der Waals surface area contributed by atoms with Crippen LogP contribution >= 0.6 is 0 Å². The molecular weight excluding hydrogens is 317 g/mol. The maximum Gasteiger partial charge on any atom is 0.261 e. The maximum atomic E-state index is 12.9. The largest absolute Gasteiger partial charge is 0.370 e. The summed E-state index contributed by atoms with van der Waals surface area (Å²) in [4.78, 5) is 4.17. The Morgan fingerprint density at radius 1 is 1.13 bits per heavy atom. The third-order valence-electron chi connectivity index (χ3n) is 3.17. The predicted molar refractivity (Wildman–Crippen MR) is 89.4 cm³/mol. The van der Waals surface area contributed by atoms with Gasteiger partial charge in [-0.2, -0.15) is 0 Å². The minimum absolute atomic E-state index is 0.00182. The fourth-order valence-electron chi connectivity index (χ4n) is 1.88. The first-order valence-corrected chi connectivity index (χ1v) is 8.83. The van der Waals surface area contributed by atoms with E-state index in [0.29, 0.717) is 17.4 Å². The molecule has 0 fully saturated rings. The van der Waals surface area contributed by atoms with Crippen LogP contribution in [0, 0.1) is 11.7 Å². The Hall–Kier alpha value is -2.15. The molecule has 0 atom stereocenters. The number of anilines is 2. The second-order valence-electron chi connectivity index (χ2n) is 5.60. The van der Waals surface area contributed by atoms with Gasteiger partial charge in [-0.3, -0.25) is 4.72 Å². The molecule has 2 rings (SSSR count). The van der Waals surface area contributed by atoms with Gasteiger partial charge in [-0.1, -0.05) is 13.8 Å². The third-order valence-corrected chi connectivity index (χ3v) is 4.56. The van der Waals surface area contributed by atoms with Gasteiger partial charge in [0, 0.05) is 6.54 Å². The molecule has 5 nitrogen and oxygen atoms in total. The van der Waals surface area contributed by atoms with Crippen molar-refractivity contribution in [1.82, 2.24) is 4.98 Å². The van der Waals surface area contributed by atoms with Gasteiger partial charge in [-0.15, -0.1) is 0 Å². The molecule has 0 aliphatic rings. The van der Waals surface area contributed by atoms with Crippen molar-refractivity contribution >= 4 is 21.5 Å². The fourth-order valence-corrected chi connectivity index (χ4v) is 2.92. The topological polar surface area (TPSA) is 71.1 Å². The lowest BCUT2D eigenvalue weighted by molar-refractivity contribution is 0.599. The predicted octanol–water partition coefficient (Wildman–Crippen LogP) is 3.48. The molecule has 2 N–H and O–H groups in total. The number of pyridine rings is 1. The van der Waals surface area contributed by atoms with Gasteiger partial charge in [0.15, 0.2) is 0 Å². The molecule has 0 aliphatic heterocycles. The van der Waals surface area contributed by atoms with Crippen LogP contribution in [0.1, 0.15) is 20.3 Å². The highest BCUT2D eigenvalue weighted by Crippen LogP contribution is 2.17. The van der Waals surface area contributed by atoms with E-state index in [-0.39, 0.29) is 4.90 Å². The quantitative estimate of drug-likeness (QED) is 0.811. The highest BCUT2D eigenvalue weighted by Gasteiger charge is 2.14. The Bertz CT molecular complexity index is 729. The number of nitrogens with zero attached hydrogens (tertiary/aromatic N) is 1. The molecule has 0 saturated heterocycles. The van der Waals surface area contributed by atoms with Crippen LogP contribution in [-0.2, 0) is 10.0 Å². The van der Waals surface area contributed by atoms with E-state index in [1.54, 1.807) is 12.1 Å². The molecule has 0 radical (unpaired) electrons. The van der Waals surface area contributed by atoms with Crippen LogP contribution in [0.25, 0.3) is 0 Å². The van der Waals surface area contributed by atoms with Crippen LogP contribution in [0.2, 0.25) is 0 Å². The van der Waals surface area contributed by atoms with Gasteiger partial charge in [0.25, 0.3) is 10.0 Å². The Kier molecular flexibility index (Phi) is 5.54. The van der Waals surface area contributed by atoms with Crippen LogP contribution in [0.3, 0.4) is 0 Å². The first-order chi connectivity index (χ1) is 10.9. The number of hydrogen-bond acceptors (Lipinski definition) is 4. The highest BCUT2D eigenvalue weighted by atomic mass is 32.2. The van der Waals surface area contributed by atoms with Gasteiger partial charge < -0.3 is 5.32 Å². The van der Waals surface area contributed by atoms with Gasteiger partial charge in [0.1, 0.15) is 11.6 Å². The van der Waals surface area contributed by atoms with E-state index in [4.69, 9.17) is 0 Å². The van der Waals surface area contributed by atoms with Crippen molar-refractivity contribution in [3.8, 4) is 0 Å². The Morgan fingerprint density at radius 3 is 2.39 bits per heavy atom. The van der Waals surface area contributed by atoms with E-state index in [1.807, 2.05) is 0 Å². The summed E-state index contributed by atoms with van der Waals surface area (Å²) in [6.45, 7) is 5.09. The van der Waals surface area contributed by atoms with Crippen LogP contribution in [0.5, 0.6) is 0 Å². The van der Waals surface area contributed by atoms with Crippen molar-refractivity contribution < 1.29 is 12.8 Å². The maximum absolute atomic E-state index is 12.9. The normalized spacial score (nSPS) is 11.5. The molecule has 23 heavy (non-hydrogen) atoms. The van der Waals surface area contributed by atoms with Gasteiger partial charge in [0.05, 0.1) is 16.8 Å².